The van der Waals surface area contributed by atoms with E-state index >= 15 is 0 Å². The summed E-state index contributed by atoms with van der Waals surface area (Å²) in [6.45, 7) is 0. The van der Waals surface area contributed by atoms with E-state index in [1.165, 1.54) is 0 Å². The Morgan fingerprint density at radius 2 is 1.00 bits per heavy atom. The van der Waals surface area contributed by atoms with Crippen molar-refractivity contribution in [3.63, 3.8) is 0 Å². The van der Waals surface area contributed by atoms with E-state index in [-0.39, 0.29) is 93.2 Å². The third-order valence-electron chi connectivity index (χ3n) is 0. The molecule has 4 heteroatoms. The second kappa shape index (κ2) is 16.5. The van der Waals surface area contributed by atoms with Crippen molar-refractivity contribution in [1.29, 1.82) is 0 Å². The summed E-state index contributed by atoms with van der Waals surface area (Å²) in [5.41, 5.74) is 0. The molecule has 0 aromatic rings. The Hall–Kier alpha value is 3.10. The van der Waals surface area contributed by atoms with Gasteiger partial charge < -0.3 is 0 Å². The molecule has 0 aliphatic rings. The fourth-order valence-corrected chi connectivity index (χ4v) is 0. The van der Waals surface area contributed by atoms with E-state index in [9.17, 15) is 0 Å². The molecule has 0 nitrogen and oxygen atoms in total. The third-order valence-corrected chi connectivity index (χ3v) is 0. The summed E-state index contributed by atoms with van der Waals surface area (Å²) < 4.78 is 0. The van der Waals surface area contributed by atoms with Crippen molar-refractivity contribution in [2.45, 2.75) is 0 Å². The Balaban J connectivity index is 0. The van der Waals surface area contributed by atoms with Crippen molar-refractivity contribution in [2.24, 2.45) is 0 Å². The molecule has 0 heterocycles. The molecule has 24 valence electrons. The minimum Gasteiger partial charge on any atom is 0 e. The van der Waals surface area contributed by atoms with Gasteiger partial charge in [0.05, 0.1) is 0 Å². The average molecular weight is 437 g/mol. The molecule has 0 spiro atoms. The van der Waals surface area contributed by atoms with E-state index in [0.29, 0.717) is 0 Å². The molecule has 0 rings (SSSR count). The molecular formula is AgInMoSn. The fraction of sp³-hybridized carbons (Fsp3) is 0. The number of hydrogen-bond acceptors (Lipinski definition) is 0. The van der Waals surface area contributed by atoms with E-state index in [1.54, 1.807) is 0 Å². The zero-order chi connectivity index (χ0) is 0. The third kappa shape index (κ3) is 8.92. The summed E-state index contributed by atoms with van der Waals surface area (Å²) in [4.78, 5) is 0. The molecule has 0 aromatic heterocycles. The molecule has 8 radical (unpaired) electrons. The largest absolute Gasteiger partial charge is 0 e. The van der Waals surface area contributed by atoms with Crippen LogP contribution >= 0.6 is 0 Å². The van der Waals surface area contributed by atoms with Crippen LogP contribution in [0.25, 0.3) is 0 Å². The maximum absolute atomic E-state index is 0. The van der Waals surface area contributed by atoms with Gasteiger partial charge in [-0.2, -0.15) is 0 Å². The van der Waals surface area contributed by atoms with Crippen LogP contribution in [-0.2, 0) is 43.4 Å². The van der Waals surface area contributed by atoms with Gasteiger partial charge in [0.15, 0.2) is 0 Å². The SMILES string of the molecule is [Ag].[In].[Mo].[Sn]. The van der Waals surface area contributed by atoms with Gasteiger partial charge in [-0.25, -0.2) is 0 Å². The number of rotatable bonds is 0. The molecule has 0 fully saturated rings. The zero-order valence-corrected chi connectivity index (χ0v) is 11.4. The first-order valence-electron chi connectivity index (χ1n) is 0. The van der Waals surface area contributed by atoms with Crippen molar-refractivity contribution in [2.75, 3.05) is 0 Å². The van der Waals surface area contributed by atoms with Gasteiger partial charge in [0.2, 0.25) is 0 Å². The first kappa shape index (κ1) is 27.5. The first-order valence-corrected chi connectivity index (χ1v) is 0. The van der Waals surface area contributed by atoms with Crippen LogP contribution in [0, 0.1) is 0 Å². The molecule has 0 aliphatic carbocycles. The van der Waals surface area contributed by atoms with Crippen LogP contribution in [0.15, 0.2) is 0 Å². The Bertz CT molecular complexity index is 8.00. The van der Waals surface area contributed by atoms with Gasteiger partial charge in [-0.3, -0.25) is 0 Å². The van der Waals surface area contributed by atoms with Crippen molar-refractivity contribution in [3.8, 4) is 0 Å². The van der Waals surface area contributed by atoms with Crippen molar-refractivity contribution in [1.82, 2.24) is 0 Å². The van der Waals surface area contributed by atoms with Crippen LogP contribution < -0.4 is 0 Å². The quantitative estimate of drug-likeness (QED) is 0.437. The Morgan fingerprint density at radius 3 is 1.00 bits per heavy atom. The van der Waals surface area contributed by atoms with E-state index in [0.717, 1.165) is 0 Å². The van der Waals surface area contributed by atoms with E-state index in [1.807, 2.05) is 0 Å². The molecule has 0 bridgehead atoms. The molecule has 0 atom stereocenters. The molecule has 0 aromatic carbocycles. The van der Waals surface area contributed by atoms with Crippen molar-refractivity contribution in [3.05, 3.63) is 0 Å². The van der Waals surface area contributed by atoms with Crippen LogP contribution in [0.3, 0.4) is 0 Å². The molecule has 0 saturated carbocycles. The summed E-state index contributed by atoms with van der Waals surface area (Å²) in [6.07, 6.45) is 0. The van der Waals surface area contributed by atoms with Gasteiger partial charge >= 0.3 is 0 Å². The second-order valence-electron chi connectivity index (χ2n) is 0. The molecule has 4 heavy (non-hydrogen) atoms. The fourth-order valence-electron chi connectivity index (χ4n) is 0. The topological polar surface area (TPSA) is 0 Å². The summed E-state index contributed by atoms with van der Waals surface area (Å²) in [7, 11) is 0. The molecule has 0 saturated heterocycles. The maximum atomic E-state index is 0. The van der Waals surface area contributed by atoms with Gasteiger partial charge in [-0.1, -0.05) is 0 Å². The minimum atomic E-state index is 0. The number of hydrogen-bond donors (Lipinski definition) is 0. The van der Waals surface area contributed by atoms with Gasteiger partial charge in [0.1, 0.15) is 0 Å². The average Bonchev–Trinajstić information content (AvgIpc) is 0. The van der Waals surface area contributed by atoms with Crippen LogP contribution in [0.2, 0.25) is 0 Å². The van der Waals surface area contributed by atoms with Crippen molar-refractivity contribution < 1.29 is 43.4 Å². The first-order chi connectivity index (χ1) is 0. The summed E-state index contributed by atoms with van der Waals surface area (Å²) >= 11 is 0. The van der Waals surface area contributed by atoms with Gasteiger partial charge in [0.25, 0.3) is 0 Å². The van der Waals surface area contributed by atoms with E-state index < -0.39 is 0 Å². The predicted octanol–water partition coefficient (Wildman–Crippen LogP) is -0.767. The summed E-state index contributed by atoms with van der Waals surface area (Å²) in [6, 6.07) is 0. The van der Waals surface area contributed by atoms with Gasteiger partial charge in [-0.15, -0.1) is 0 Å². The maximum Gasteiger partial charge on any atom is 0 e. The smallest absolute Gasteiger partial charge is 0 e. The standard InChI is InChI=1S/Ag.In.Mo.Sn. The van der Waals surface area contributed by atoms with Gasteiger partial charge in [0, 0.05) is 93.2 Å². The Morgan fingerprint density at radius 1 is 1.00 bits per heavy atom. The molecule has 0 unspecified atom stereocenters. The van der Waals surface area contributed by atoms with E-state index in [2.05, 4.69) is 0 Å². The summed E-state index contributed by atoms with van der Waals surface area (Å²) in [5.74, 6) is 0. The monoisotopic (exact) mass is 440 g/mol. The molecule has 0 amide bonds. The van der Waals surface area contributed by atoms with Crippen LogP contribution in [-0.4, -0.2) is 49.8 Å². The normalized spacial score (nSPS) is 0. The van der Waals surface area contributed by atoms with Crippen LogP contribution in [0.5, 0.6) is 0 Å². The Kier molecular flexibility index (Phi) is 114. The molecular weight excluding hydrogens is 437 g/mol. The zero-order valence-electron chi connectivity index (χ0n) is 1.79. The van der Waals surface area contributed by atoms with E-state index in [4.69, 9.17) is 0 Å². The van der Waals surface area contributed by atoms with Crippen molar-refractivity contribution >= 4 is 49.8 Å². The molecule has 0 aliphatic heterocycles. The molecule has 0 N–H and O–H groups in total. The predicted molar refractivity (Wildman–Crippen MR) is 11.5 cm³/mol. The second-order valence-corrected chi connectivity index (χ2v) is 0. The Labute approximate surface area is 91.4 Å². The van der Waals surface area contributed by atoms with Gasteiger partial charge in [-0.05, 0) is 0 Å². The van der Waals surface area contributed by atoms with Crippen LogP contribution in [0.1, 0.15) is 0 Å². The summed E-state index contributed by atoms with van der Waals surface area (Å²) in [5, 5.41) is 0. The van der Waals surface area contributed by atoms with Crippen LogP contribution in [0.4, 0.5) is 0 Å². The minimum absolute atomic E-state index is 0.